The molecule has 1 amide bonds. The lowest BCUT2D eigenvalue weighted by atomic mass is 9.87. The van der Waals surface area contributed by atoms with Crippen LogP contribution in [0.3, 0.4) is 0 Å². The fourth-order valence-electron chi connectivity index (χ4n) is 2.85. The van der Waals surface area contributed by atoms with Crippen LogP contribution in [-0.2, 0) is 4.79 Å². The molecule has 0 heterocycles. The topological polar surface area (TPSA) is 41.1 Å². The maximum Gasteiger partial charge on any atom is 0.224 e. The Kier molecular flexibility index (Phi) is 5.90. The van der Waals surface area contributed by atoms with Crippen LogP contribution in [0, 0.1) is 5.92 Å². The number of hydrogen-bond donors (Lipinski definition) is 2. The highest BCUT2D eigenvalue weighted by molar-refractivity contribution is 5.90. The molecule has 0 aliphatic heterocycles. The molecule has 1 aliphatic rings. The first-order valence-corrected chi connectivity index (χ1v) is 7.91. The molecular formula is C17H26N2O. The zero-order valence-electron chi connectivity index (χ0n) is 12.5. The summed E-state index contributed by atoms with van der Waals surface area (Å²) in [5, 5.41) is 6.37. The van der Waals surface area contributed by atoms with E-state index in [2.05, 4.69) is 16.7 Å². The van der Waals surface area contributed by atoms with Gasteiger partial charge in [0.1, 0.15) is 0 Å². The van der Waals surface area contributed by atoms with Crippen LogP contribution in [0.1, 0.15) is 51.9 Å². The molecule has 1 saturated carbocycles. The van der Waals surface area contributed by atoms with E-state index in [4.69, 9.17) is 0 Å². The number of carbonyl (C=O) groups excluding carboxylic acids is 1. The second-order valence-electron chi connectivity index (χ2n) is 5.70. The van der Waals surface area contributed by atoms with Crippen molar-refractivity contribution in [3.63, 3.8) is 0 Å². The van der Waals surface area contributed by atoms with Crippen molar-refractivity contribution in [1.29, 1.82) is 0 Å². The highest BCUT2D eigenvalue weighted by Crippen LogP contribution is 2.26. The van der Waals surface area contributed by atoms with E-state index in [1.54, 1.807) is 0 Å². The van der Waals surface area contributed by atoms with Crippen LogP contribution in [-0.4, -0.2) is 12.5 Å². The molecule has 0 aromatic heterocycles. The van der Waals surface area contributed by atoms with E-state index >= 15 is 0 Å². The molecule has 0 saturated heterocycles. The zero-order chi connectivity index (χ0) is 14.2. The second-order valence-corrected chi connectivity index (χ2v) is 5.70. The molecule has 3 heteroatoms. The quantitative estimate of drug-likeness (QED) is 0.806. The van der Waals surface area contributed by atoms with E-state index in [0.717, 1.165) is 23.8 Å². The van der Waals surface area contributed by atoms with E-state index in [1.807, 2.05) is 25.1 Å². The number of benzene rings is 1. The highest BCUT2D eigenvalue weighted by atomic mass is 16.1. The summed E-state index contributed by atoms with van der Waals surface area (Å²) in [6, 6.07) is 7.98. The van der Waals surface area contributed by atoms with Crippen molar-refractivity contribution in [1.82, 2.24) is 0 Å². The average Bonchev–Trinajstić information content (AvgIpc) is 2.48. The van der Waals surface area contributed by atoms with E-state index < -0.39 is 0 Å². The Morgan fingerprint density at radius 3 is 2.70 bits per heavy atom. The lowest BCUT2D eigenvalue weighted by Crippen LogP contribution is -2.12. The molecule has 1 aliphatic carbocycles. The molecule has 0 spiro atoms. The lowest BCUT2D eigenvalue weighted by molar-refractivity contribution is -0.115. The number of amides is 1. The normalized spacial score (nSPS) is 15.8. The number of nitrogens with one attached hydrogen (secondary N) is 2. The van der Waals surface area contributed by atoms with Crippen molar-refractivity contribution in [2.75, 3.05) is 17.2 Å². The maximum absolute atomic E-state index is 11.4. The summed E-state index contributed by atoms with van der Waals surface area (Å²) in [5.74, 6) is 0.962. The number of rotatable bonds is 6. The molecule has 0 unspecified atom stereocenters. The van der Waals surface area contributed by atoms with Crippen molar-refractivity contribution < 1.29 is 4.79 Å². The fraction of sp³-hybridized carbons (Fsp3) is 0.588. The van der Waals surface area contributed by atoms with E-state index in [0.29, 0.717) is 6.42 Å². The third-order valence-electron chi connectivity index (χ3n) is 4.07. The first kappa shape index (κ1) is 14.9. The van der Waals surface area contributed by atoms with Crippen molar-refractivity contribution in [2.45, 2.75) is 51.9 Å². The van der Waals surface area contributed by atoms with Crippen LogP contribution in [0.4, 0.5) is 11.4 Å². The van der Waals surface area contributed by atoms with Gasteiger partial charge in [-0.15, -0.1) is 0 Å². The van der Waals surface area contributed by atoms with Gasteiger partial charge in [-0.2, -0.15) is 0 Å². The summed E-state index contributed by atoms with van der Waals surface area (Å²) in [5.41, 5.74) is 1.97. The minimum atomic E-state index is 0.0596. The van der Waals surface area contributed by atoms with E-state index in [1.165, 1.54) is 38.5 Å². The van der Waals surface area contributed by atoms with Gasteiger partial charge in [0.25, 0.3) is 0 Å². The van der Waals surface area contributed by atoms with E-state index in [9.17, 15) is 4.79 Å². The summed E-state index contributed by atoms with van der Waals surface area (Å²) in [4.78, 5) is 11.4. The summed E-state index contributed by atoms with van der Waals surface area (Å²) in [6.45, 7) is 2.89. The molecule has 0 atom stereocenters. The lowest BCUT2D eigenvalue weighted by Gasteiger charge is -2.21. The SMILES string of the molecule is CCC(=O)Nc1cccc(NCCC2CCCCC2)c1. The third kappa shape index (κ3) is 4.87. The van der Waals surface area contributed by atoms with Crippen molar-refractivity contribution in [3.8, 4) is 0 Å². The van der Waals surface area contributed by atoms with Gasteiger partial charge in [-0.05, 0) is 30.5 Å². The van der Waals surface area contributed by atoms with Crippen LogP contribution < -0.4 is 10.6 Å². The molecule has 3 nitrogen and oxygen atoms in total. The van der Waals surface area contributed by atoms with Gasteiger partial charge >= 0.3 is 0 Å². The fourth-order valence-corrected chi connectivity index (χ4v) is 2.85. The molecular weight excluding hydrogens is 248 g/mol. The van der Waals surface area contributed by atoms with Crippen molar-refractivity contribution in [2.24, 2.45) is 5.92 Å². The van der Waals surface area contributed by atoms with Gasteiger partial charge in [0, 0.05) is 24.3 Å². The predicted octanol–water partition coefficient (Wildman–Crippen LogP) is 4.42. The maximum atomic E-state index is 11.4. The molecule has 1 aromatic rings. The van der Waals surface area contributed by atoms with Gasteiger partial charge in [0.2, 0.25) is 5.91 Å². The monoisotopic (exact) mass is 274 g/mol. The molecule has 1 fully saturated rings. The van der Waals surface area contributed by atoms with Crippen LogP contribution in [0.5, 0.6) is 0 Å². The van der Waals surface area contributed by atoms with Crippen molar-refractivity contribution in [3.05, 3.63) is 24.3 Å². The highest BCUT2D eigenvalue weighted by Gasteiger charge is 2.12. The van der Waals surface area contributed by atoms with Gasteiger partial charge in [0.05, 0.1) is 0 Å². The molecule has 2 rings (SSSR count). The van der Waals surface area contributed by atoms with Crippen LogP contribution in [0.15, 0.2) is 24.3 Å². The van der Waals surface area contributed by atoms with Crippen LogP contribution in [0.2, 0.25) is 0 Å². The van der Waals surface area contributed by atoms with Gasteiger partial charge < -0.3 is 10.6 Å². The Morgan fingerprint density at radius 1 is 1.20 bits per heavy atom. The third-order valence-corrected chi connectivity index (χ3v) is 4.07. The second kappa shape index (κ2) is 7.93. The summed E-state index contributed by atoms with van der Waals surface area (Å²) in [7, 11) is 0. The molecule has 0 bridgehead atoms. The Balaban J connectivity index is 1.77. The average molecular weight is 274 g/mol. The standard InChI is InChI=1S/C17H26N2O/c1-2-17(20)19-16-10-6-9-15(13-16)18-12-11-14-7-4-3-5-8-14/h6,9-10,13-14,18H,2-5,7-8,11-12H2,1H3,(H,19,20). The number of hydrogen-bond acceptors (Lipinski definition) is 2. The Labute approximate surface area is 122 Å². The largest absolute Gasteiger partial charge is 0.385 e. The molecule has 2 N–H and O–H groups in total. The molecule has 0 radical (unpaired) electrons. The Hall–Kier alpha value is -1.51. The number of carbonyl (C=O) groups is 1. The van der Waals surface area contributed by atoms with Crippen molar-refractivity contribution >= 4 is 17.3 Å². The molecule has 1 aromatic carbocycles. The summed E-state index contributed by atoms with van der Waals surface area (Å²) < 4.78 is 0. The van der Waals surface area contributed by atoms with Crippen LogP contribution in [0.25, 0.3) is 0 Å². The minimum absolute atomic E-state index is 0.0596. The van der Waals surface area contributed by atoms with Gasteiger partial charge in [-0.25, -0.2) is 0 Å². The van der Waals surface area contributed by atoms with Gasteiger partial charge in [-0.3, -0.25) is 4.79 Å². The summed E-state index contributed by atoms with van der Waals surface area (Å²) >= 11 is 0. The van der Waals surface area contributed by atoms with Gasteiger partial charge in [0.15, 0.2) is 0 Å². The Morgan fingerprint density at radius 2 is 1.95 bits per heavy atom. The first-order valence-electron chi connectivity index (χ1n) is 7.91. The van der Waals surface area contributed by atoms with Gasteiger partial charge in [-0.1, -0.05) is 45.1 Å². The summed E-state index contributed by atoms with van der Waals surface area (Å²) in [6.07, 6.45) is 8.79. The molecule has 110 valence electrons. The van der Waals surface area contributed by atoms with E-state index in [-0.39, 0.29) is 5.91 Å². The smallest absolute Gasteiger partial charge is 0.224 e. The zero-order valence-corrected chi connectivity index (χ0v) is 12.5. The minimum Gasteiger partial charge on any atom is -0.385 e. The predicted molar refractivity (Wildman–Crippen MR) is 85.0 cm³/mol. The molecule has 20 heavy (non-hydrogen) atoms. The first-order chi connectivity index (χ1) is 9.78. The van der Waals surface area contributed by atoms with Crippen LogP contribution >= 0.6 is 0 Å². The number of anilines is 2. The Bertz CT molecular complexity index is 425.